The highest BCUT2D eigenvalue weighted by Crippen LogP contribution is 2.65. The molecule has 7 nitrogen and oxygen atoms in total. The Balaban J connectivity index is 1.43. The zero-order valence-electron chi connectivity index (χ0n) is 23.6. The monoisotopic (exact) mass is 556 g/mol. The van der Waals surface area contributed by atoms with E-state index in [-0.39, 0.29) is 40.6 Å². The molecule has 0 radical (unpaired) electrons. The van der Waals surface area contributed by atoms with Crippen molar-refractivity contribution in [1.82, 2.24) is 0 Å². The first kappa shape index (κ1) is 28.0. The molecule has 0 saturated heterocycles. The van der Waals surface area contributed by atoms with Crippen molar-refractivity contribution in [2.45, 2.75) is 57.3 Å². The lowest BCUT2D eigenvalue weighted by molar-refractivity contribution is -0.155. The quantitative estimate of drug-likeness (QED) is 0.319. The smallest absolute Gasteiger partial charge is 0.308 e. The first-order valence-corrected chi connectivity index (χ1v) is 15.3. The molecule has 8 heteroatoms. The molecule has 212 valence electrons. The molecule has 0 heterocycles. The first-order valence-electron chi connectivity index (χ1n) is 13.9. The number of hydrogen-bond donors (Lipinski definition) is 0. The summed E-state index contributed by atoms with van der Waals surface area (Å²) >= 11 is 0. The van der Waals surface area contributed by atoms with E-state index < -0.39 is 10.1 Å². The Hall–Kier alpha value is -2.58. The van der Waals surface area contributed by atoms with E-state index in [4.69, 9.17) is 18.4 Å². The minimum Gasteiger partial charge on any atom is -0.496 e. The van der Waals surface area contributed by atoms with E-state index in [2.05, 4.69) is 6.92 Å². The van der Waals surface area contributed by atoms with Gasteiger partial charge in [-0.05, 0) is 98.8 Å². The molecular weight excluding hydrogens is 516 g/mol. The van der Waals surface area contributed by atoms with Crippen molar-refractivity contribution in [2.24, 2.45) is 35.0 Å². The second kappa shape index (κ2) is 10.8. The van der Waals surface area contributed by atoms with Crippen molar-refractivity contribution in [3.8, 4) is 11.5 Å². The number of rotatable bonds is 8. The molecule has 6 unspecified atom stereocenters. The molecule has 39 heavy (non-hydrogen) atoms. The number of carbonyl (C=O) groups excluding carboxylic acids is 1. The van der Waals surface area contributed by atoms with Gasteiger partial charge >= 0.3 is 5.97 Å². The minimum atomic E-state index is -3.83. The molecule has 0 aromatic heterocycles. The zero-order chi connectivity index (χ0) is 27.9. The number of aryl methyl sites for hydroxylation is 1. The Morgan fingerprint density at radius 2 is 1.62 bits per heavy atom. The molecule has 0 aliphatic heterocycles. The number of carbonyl (C=O) groups is 1. The fraction of sp³-hybridized carbons (Fsp3) is 0.581. The molecule has 6 atom stereocenters. The van der Waals surface area contributed by atoms with Gasteiger partial charge in [-0.2, -0.15) is 8.42 Å². The molecule has 5 rings (SSSR count). The van der Waals surface area contributed by atoms with Crippen molar-refractivity contribution < 1.29 is 31.6 Å². The summed E-state index contributed by atoms with van der Waals surface area (Å²) < 4.78 is 48.2. The second-order valence-corrected chi connectivity index (χ2v) is 13.3. The van der Waals surface area contributed by atoms with E-state index in [1.807, 2.05) is 19.1 Å². The third-order valence-corrected chi connectivity index (χ3v) is 11.3. The summed E-state index contributed by atoms with van der Waals surface area (Å²) in [6, 6.07) is 10.7. The van der Waals surface area contributed by atoms with E-state index in [1.165, 1.54) is 12.7 Å². The van der Waals surface area contributed by atoms with Crippen LogP contribution in [0.2, 0.25) is 0 Å². The minimum absolute atomic E-state index is 0.0542. The lowest BCUT2D eigenvalue weighted by atomic mass is 9.50. The molecular formula is C31H40O7S. The predicted octanol–water partition coefficient (Wildman–Crippen LogP) is 5.36. The van der Waals surface area contributed by atoms with Crippen molar-refractivity contribution in [1.29, 1.82) is 0 Å². The maximum atomic E-state index is 13.0. The van der Waals surface area contributed by atoms with Crippen LogP contribution in [0.5, 0.6) is 11.5 Å². The Bertz CT molecular complexity index is 1320. The maximum Gasteiger partial charge on any atom is 0.308 e. The van der Waals surface area contributed by atoms with Gasteiger partial charge in [0.15, 0.2) is 0 Å². The third-order valence-electron chi connectivity index (χ3n) is 9.96. The largest absolute Gasteiger partial charge is 0.496 e. The van der Waals surface area contributed by atoms with Crippen LogP contribution in [0.4, 0.5) is 0 Å². The second-order valence-electron chi connectivity index (χ2n) is 11.7. The van der Waals surface area contributed by atoms with E-state index in [1.54, 1.807) is 38.5 Å². The van der Waals surface area contributed by atoms with E-state index >= 15 is 0 Å². The highest BCUT2D eigenvalue weighted by Gasteiger charge is 2.61. The predicted molar refractivity (Wildman–Crippen MR) is 147 cm³/mol. The van der Waals surface area contributed by atoms with Gasteiger partial charge in [-0.3, -0.25) is 8.98 Å². The SMILES string of the molecule is COC(=O)C1CCC2C(C(C)COS(=O)(=O)c3ccc(C)cc3)CCC23Cc2c(OC)ccc(OC)c2CC13. The standard InChI is InChI=1S/C31H40O7S/c1-19-6-8-21(9-7-19)39(33,34)38-18-20(2)22-14-15-31-17-25-24(28(35-3)12-13-29(25)36-4)16-27(31)23(30(32)37-5)10-11-26(22)31/h6-9,12-13,20,22-23,26-27H,10-11,14-18H2,1-5H3. The van der Waals surface area contributed by atoms with Gasteiger partial charge in [0.05, 0.1) is 38.7 Å². The van der Waals surface area contributed by atoms with Crippen LogP contribution in [0.1, 0.15) is 49.3 Å². The molecule has 2 aromatic rings. The van der Waals surface area contributed by atoms with Crippen LogP contribution in [-0.4, -0.2) is 42.3 Å². The van der Waals surface area contributed by atoms with Crippen LogP contribution in [0.3, 0.4) is 0 Å². The van der Waals surface area contributed by atoms with Gasteiger partial charge in [-0.1, -0.05) is 24.6 Å². The van der Waals surface area contributed by atoms with Crippen LogP contribution in [0.25, 0.3) is 0 Å². The molecule has 0 amide bonds. The van der Waals surface area contributed by atoms with Crippen LogP contribution in [0, 0.1) is 41.9 Å². The number of ether oxygens (including phenoxy) is 3. The van der Waals surface area contributed by atoms with Crippen LogP contribution < -0.4 is 9.47 Å². The molecule has 3 aliphatic carbocycles. The normalized spacial score (nSPS) is 28.5. The van der Waals surface area contributed by atoms with Gasteiger partial charge < -0.3 is 14.2 Å². The highest BCUT2D eigenvalue weighted by molar-refractivity contribution is 7.86. The van der Waals surface area contributed by atoms with Gasteiger partial charge in [-0.15, -0.1) is 0 Å². The Morgan fingerprint density at radius 3 is 2.26 bits per heavy atom. The average molecular weight is 557 g/mol. The van der Waals surface area contributed by atoms with Crippen molar-refractivity contribution in [3.05, 3.63) is 53.1 Å². The number of fused-ring (bicyclic) bond motifs is 1. The number of hydrogen-bond acceptors (Lipinski definition) is 7. The van der Waals surface area contributed by atoms with Crippen LogP contribution in [-0.2, 0) is 36.7 Å². The molecule has 2 fully saturated rings. The third kappa shape index (κ3) is 4.84. The van der Waals surface area contributed by atoms with Gasteiger partial charge in [0, 0.05) is 11.1 Å². The summed E-state index contributed by atoms with van der Waals surface area (Å²) in [7, 11) is 1.04. The molecule has 3 aliphatic rings. The molecule has 2 aromatic carbocycles. The zero-order valence-corrected chi connectivity index (χ0v) is 24.4. The van der Waals surface area contributed by atoms with Gasteiger partial charge in [0.2, 0.25) is 0 Å². The highest BCUT2D eigenvalue weighted by atomic mass is 32.2. The first-order chi connectivity index (χ1) is 18.6. The summed E-state index contributed by atoms with van der Waals surface area (Å²) in [6.07, 6.45) is 5.21. The summed E-state index contributed by atoms with van der Waals surface area (Å²) in [6.45, 7) is 4.18. The topological polar surface area (TPSA) is 88.1 Å². The Labute approximate surface area is 232 Å². The summed E-state index contributed by atoms with van der Waals surface area (Å²) in [4.78, 5) is 13.2. The molecule has 2 saturated carbocycles. The fourth-order valence-electron chi connectivity index (χ4n) is 8.07. The van der Waals surface area contributed by atoms with Gasteiger partial charge in [0.25, 0.3) is 10.1 Å². The lowest BCUT2D eigenvalue weighted by Gasteiger charge is -2.54. The van der Waals surface area contributed by atoms with Crippen molar-refractivity contribution in [3.63, 3.8) is 0 Å². The number of esters is 1. The van der Waals surface area contributed by atoms with Gasteiger partial charge in [-0.25, -0.2) is 0 Å². The van der Waals surface area contributed by atoms with Crippen molar-refractivity contribution >= 4 is 16.1 Å². The lowest BCUT2D eigenvalue weighted by Crippen LogP contribution is -2.51. The Kier molecular flexibility index (Phi) is 7.72. The van der Waals surface area contributed by atoms with E-state index in [0.717, 1.165) is 61.2 Å². The Morgan fingerprint density at radius 1 is 0.949 bits per heavy atom. The average Bonchev–Trinajstić information content (AvgIpc) is 3.31. The van der Waals surface area contributed by atoms with Crippen molar-refractivity contribution in [2.75, 3.05) is 27.9 Å². The van der Waals surface area contributed by atoms with E-state index in [9.17, 15) is 13.2 Å². The summed E-state index contributed by atoms with van der Waals surface area (Å²) in [5.74, 6) is 2.25. The van der Waals surface area contributed by atoms with Gasteiger partial charge in [0.1, 0.15) is 11.5 Å². The summed E-state index contributed by atoms with van der Waals surface area (Å²) in [5, 5.41) is 0. The van der Waals surface area contributed by atoms with E-state index in [0.29, 0.717) is 11.8 Å². The summed E-state index contributed by atoms with van der Waals surface area (Å²) in [5.41, 5.74) is 3.22. The number of methoxy groups -OCH3 is 3. The van der Waals surface area contributed by atoms with Crippen LogP contribution >= 0.6 is 0 Å². The molecule has 0 bridgehead atoms. The molecule has 1 spiro atoms. The van der Waals surface area contributed by atoms with Crippen LogP contribution in [0.15, 0.2) is 41.3 Å². The molecule has 0 N–H and O–H groups in total. The fourth-order valence-corrected chi connectivity index (χ4v) is 9.07. The maximum absolute atomic E-state index is 13.0. The number of benzene rings is 2.